The van der Waals surface area contributed by atoms with Crippen molar-refractivity contribution in [2.45, 2.75) is 26.7 Å². The Labute approximate surface area is 128 Å². The maximum atomic E-state index is 14.0. The van der Waals surface area contributed by atoms with Crippen molar-refractivity contribution in [3.05, 3.63) is 60.7 Å². The molecule has 0 amide bonds. The monoisotopic (exact) mass is 301 g/mol. The van der Waals surface area contributed by atoms with Crippen molar-refractivity contribution in [1.82, 2.24) is 4.67 Å². The fourth-order valence-corrected chi connectivity index (χ4v) is 5.71. The Balaban J connectivity index is 2.56. The third-order valence-corrected chi connectivity index (χ3v) is 6.77. The lowest BCUT2D eigenvalue weighted by molar-refractivity contribution is 0.420. The van der Waals surface area contributed by atoms with Crippen molar-refractivity contribution in [3.63, 3.8) is 0 Å². The second-order valence-corrected chi connectivity index (χ2v) is 7.95. The van der Waals surface area contributed by atoms with Crippen LogP contribution in [0.5, 0.6) is 0 Å². The van der Waals surface area contributed by atoms with Crippen LogP contribution in [0.1, 0.15) is 26.7 Å². The van der Waals surface area contributed by atoms with Gasteiger partial charge in [0.25, 0.3) is 0 Å². The standard InChI is InChI=1S/C18H24NOP/c1-3-15-19(16-4-2)21(20,17-11-7-5-8-12-17)18-13-9-6-10-14-18/h5-14H,3-4,15-16H2,1-2H3. The molecule has 0 aromatic heterocycles. The summed E-state index contributed by atoms with van der Waals surface area (Å²) in [5.74, 6) is 0. The second-order valence-electron chi connectivity index (χ2n) is 5.20. The summed E-state index contributed by atoms with van der Waals surface area (Å²) < 4.78 is 16.2. The number of benzene rings is 2. The van der Waals surface area contributed by atoms with Crippen LogP contribution in [0.25, 0.3) is 0 Å². The van der Waals surface area contributed by atoms with Crippen molar-refractivity contribution in [2.75, 3.05) is 13.1 Å². The molecule has 0 saturated heterocycles. The van der Waals surface area contributed by atoms with Crippen LogP contribution in [0.3, 0.4) is 0 Å². The molecule has 0 saturated carbocycles. The van der Waals surface area contributed by atoms with Gasteiger partial charge in [-0.05, 0) is 37.1 Å². The van der Waals surface area contributed by atoms with Crippen LogP contribution in [-0.4, -0.2) is 17.8 Å². The van der Waals surface area contributed by atoms with Crippen molar-refractivity contribution >= 4 is 17.9 Å². The second kappa shape index (κ2) is 7.59. The van der Waals surface area contributed by atoms with Crippen LogP contribution in [0.4, 0.5) is 0 Å². The van der Waals surface area contributed by atoms with Gasteiger partial charge in [-0.25, -0.2) is 4.67 Å². The van der Waals surface area contributed by atoms with Crippen molar-refractivity contribution in [3.8, 4) is 0 Å². The molecular formula is C18H24NOP. The summed E-state index contributed by atoms with van der Waals surface area (Å²) in [6, 6.07) is 19.8. The van der Waals surface area contributed by atoms with E-state index in [0.717, 1.165) is 36.5 Å². The summed E-state index contributed by atoms with van der Waals surface area (Å²) in [6.07, 6.45) is 2.01. The maximum Gasteiger partial charge on any atom is 0.207 e. The van der Waals surface area contributed by atoms with E-state index in [2.05, 4.69) is 18.5 Å². The molecule has 2 aromatic rings. The summed E-state index contributed by atoms with van der Waals surface area (Å²) >= 11 is 0. The third kappa shape index (κ3) is 3.45. The van der Waals surface area contributed by atoms with Gasteiger partial charge in [0.15, 0.2) is 0 Å². The van der Waals surface area contributed by atoms with E-state index in [1.807, 2.05) is 60.7 Å². The molecule has 2 rings (SSSR count). The van der Waals surface area contributed by atoms with Gasteiger partial charge in [0.2, 0.25) is 7.29 Å². The molecule has 0 heterocycles. The molecule has 0 N–H and O–H groups in total. The first kappa shape index (κ1) is 16.0. The highest BCUT2D eigenvalue weighted by atomic mass is 31.2. The predicted molar refractivity (Wildman–Crippen MR) is 91.9 cm³/mol. The zero-order valence-corrected chi connectivity index (χ0v) is 13.8. The number of nitrogens with zero attached hydrogens (tertiary/aromatic N) is 1. The van der Waals surface area contributed by atoms with Crippen molar-refractivity contribution in [1.29, 1.82) is 0 Å². The molecule has 2 nitrogen and oxygen atoms in total. The van der Waals surface area contributed by atoms with Crippen LogP contribution >= 0.6 is 7.29 Å². The summed E-state index contributed by atoms with van der Waals surface area (Å²) in [5.41, 5.74) is 0. The Hall–Kier alpha value is -1.37. The number of hydrogen-bond acceptors (Lipinski definition) is 1. The van der Waals surface area contributed by atoms with Gasteiger partial charge in [0, 0.05) is 23.7 Å². The SMILES string of the molecule is CCCN(CCC)P(=O)(c1ccccc1)c1ccccc1. The first-order valence-corrected chi connectivity index (χ1v) is 9.36. The first-order chi connectivity index (χ1) is 10.2. The zero-order chi connectivity index (χ0) is 15.1. The molecular weight excluding hydrogens is 277 g/mol. The van der Waals surface area contributed by atoms with Gasteiger partial charge in [0.1, 0.15) is 0 Å². The van der Waals surface area contributed by atoms with Gasteiger partial charge < -0.3 is 0 Å². The molecule has 0 bridgehead atoms. The van der Waals surface area contributed by atoms with Crippen LogP contribution in [0, 0.1) is 0 Å². The lowest BCUT2D eigenvalue weighted by Crippen LogP contribution is -2.33. The van der Waals surface area contributed by atoms with E-state index in [4.69, 9.17) is 0 Å². The van der Waals surface area contributed by atoms with Gasteiger partial charge in [-0.2, -0.15) is 0 Å². The van der Waals surface area contributed by atoms with Gasteiger partial charge >= 0.3 is 0 Å². The van der Waals surface area contributed by atoms with E-state index in [-0.39, 0.29) is 0 Å². The Bertz CT molecular complexity index is 533. The molecule has 0 radical (unpaired) electrons. The minimum atomic E-state index is -2.73. The smallest absolute Gasteiger partial charge is 0.207 e. The van der Waals surface area contributed by atoms with Gasteiger partial charge in [-0.15, -0.1) is 0 Å². The molecule has 2 aromatic carbocycles. The largest absolute Gasteiger partial charge is 0.296 e. The summed E-state index contributed by atoms with van der Waals surface area (Å²) in [6.45, 7) is 6.00. The Morgan fingerprint density at radius 2 is 1.14 bits per heavy atom. The topological polar surface area (TPSA) is 20.3 Å². The molecule has 21 heavy (non-hydrogen) atoms. The zero-order valence-electron chi connectivity index (χ0n) is 12.9. The van der Waals surface area contributed by atoms with E-state index in [9.17, 15) is 4.57 Å². The Kier molecular flexibility index (Phi) is 5.78. The highest BCUT2D eigenvalue weighted by molar-refractivity contribution is 7.76. The van der Waals surface area contributed by atoms with Crippen molar-refractivity contribution in [2.24, 2.45) is 0 Å². The molecule has 3 heteroatoms. The quantitative estimate of drug-likeness (QED) is 0.719. The fraction of sp³-hybridized carbons (Fsp3) is 0.333. The lowest BCUT2D eigenvalue weighted by Gasteiger charge is -2.32. The molecule has 0 aliphatic rings. The number of hydrogen-bond donors (Lipinski definition) is 0. The molecule has 112 valence electrons. The van der Waals surface area contributed by atoms with E-state index in [0.29, 0.717) is 0 Å². The van der Waals surface area contributed by atoms with Gasteiger partial charge in [-0.1, -0.05) is 50.2 Å². The summed E-state index contributed by atoms with van der Waals surface area (Å²) in [7, 11) is -2.73. The average Bonchev–Trinajstić information content (AvgIpc) is 2.55. The third-order valence-electron chi connectivity index (χ3n) is 3.57. The first-order valence-electron chi connectivity index (χ1n) is 7.70. The minimum Gasteiger partial charge on any atom is -0.296 e. The summed E-state index contributed by atoms with van der Waals surface area (Å²) in [5, 5.41) is 1.86. The maximum absolute atomic E-state index is 14.0. The van der Waals surface area contributed by atoms with Crippen LogP contribution in [-0.2, 0) is 4.57 Å². The van der Waals surface area contributed by atoms with E-state index >= 15 is 0 Å². The number of rotatable bonds is 7. The molecule has 0 spiro atoms. The average molecular weight is 301 g/mol. The van der Waals surface area contributed by atoms with Crippen LogP contribution in [0.15, 0.2) is 60.7 Å². The highest BCUT2D eigenvalue weighted by Crippen LogP contribution is 2.47. The minimum absolute atomic E-state index is 0.856. The van der Waals surface area contributed by atoms with Gasteiger partial charge in [-0.3, -0.25) is 4.57 Å². The van der Waals surface area contributed by atoms with E-state index in [1.165, 1.54) is 0 Å². The van der Waals surface area contributed by atoms with Crippen LogP contribution < -0.4 is 10.6 Å². The molecule has 0 aliphatic heterocycles. The molecule has 0 fully saturated rings. The van der Waals surface area contributed by atoms with Crippen molar-refractivity contribution < 1.29 is 4.57 Å². The molecule has 0 atom stereocenters. The molecule has 0 unspecified atom stereocenters. The Morgan fingerprint density at radius 1 is 0.762 bits per heavy atom. The lowest BCUT2D eigenvalue weighted by atomic mass is 10.4. The highest BCUT2D eigenvalue weighted by Gasteiger charge is 2.33. The van der Waals surface area contributed by atoms with E-state index < -0.39 is 7.29 Å². The predicted octanol–water partition coefficient (Wildman–Crippen LogP) is 4.04. The van der Waals surface area contributed by atoms with Crippen LogP contribution in [0.2, 0.25) is 0 Å². The Morgan fingerprint density at radius 3 is 1.48 bits per heavy atom. The molecule has 0 aliphatic carbocycles. The normalized spacial score (nSPS) is 11.8. The summed E-state index contributed by atoms with van der Waals surface area (Å²) in [4.78, 5) is 0. The fourth-order valence-electron chi connectivity index (χ4n) is 2.65. The van der Waals surface area contributed by atoms with E-state index in [1.54, 1.807) is 0 Å². The van der Waals surface area contributed by atoms with Gasteiger partial charge in [0.05, 0.1) is 0 Å².